The molecule has 0 aliphatic rings. The fourth-order valence-electron chi connectivity index (χ4n) is 2.44. The highest BCUT2D eigenvalue weighted by Gasteiger charge is 2.23. The monoisotopic (exact) mass is 413 g/mol. The zero-order chi connectivity index (χ0) is 17.4. The first-order valence-electron chi connectivity index (χ1n) is 6.81. The molecule has 0 fully saturated rings. The molecule has 8 heteroatoms. The van der Waals surface area contributed by atoms with Gasteiger partial charge in [-0.2, -0.15) is 0 Å². The first-order valence-corrected chi connectivity index (χ1v) is 7.98. The van der Waals surface area contributed by atoms with Crippen molar-refractivity contribution in [3.05, 3.63) is 57.7 Å². The van der Waals surface area contributed by atoms with Gasteiger partial charge in [-0.25, -0.2) is 13.8 Å². The van der Waals surface area contributed by atoms with E-state index in [2.05, 4.69) is 25.9 Å². The van der Waals surface area contributed by atoms with Crippen LogP contribution in [0.25, 0.3) is 16.9 Å². The molecule has 0 saturated heterocycles. The van der Waals surface area contributed by atoms with E-state index in [9.17, 15) is 8.78 Å². The van der Waals surface area contributed by atoms with Crippen LogP contribution in [0, 0.1) is 18.6 Å². The summed E-state index contributed by atoms with van der Waals surface area (Å²) in [4.78, 5) is 8.20. The number of halogens is 4. The van der Waals surface area contributed by atoms with Crippen molar-refractivity contribution >= 4 is 27.5 Å². The molecule has 0 amide bonds. The summed E-state index contributed by atoms with van der Waals surface area (Å²) in [5.41, 5.74) is 0.910. The summed E-state index contributed by atoms with van der Waals surface area (Å²) >= 11 is 9.50. The third-order valence-corrected chi connectivity index (χ3v) is 4.13. The number of nitrogens with zero attached hydrogens (tertiary/aromatic N) is 3. The molecule has 2 aromatic heterocycles. The lowest BCUT2D eigenvalue weighted by Crippen LogP contribution is -2.02. The largest absolute Gasteiger partial charge is 0.497 e. The summed E-state index contributed by atoms with van der Waals surface area (Å²) in [6, 6.07) is 3.95. The number of hydrogen-bond donors (Lipinski definition) is 0. The molecule has 2 heterocycles. The Hall–Kier alpha value is -1.99. The number of ether oxygens (including phenoxy) is 1. The van der Waals surface area contributed by atoms with Crippen LogP contribution in [-0.4, -0.2) is 21.6 Å². The predicted octanol–water partition coefficient (Wildman–Crippen LogP) is 4.95. The fourth-order valence-corrected chi connectivity index (χ4v) is 3.10. The maximum absolute atomic E-state index is 14.5. The van der Waals surface area contributed by atoms with E-state index in [0.29, 0.717) is 15.9 Å². The molecule has 3 aromatic rings. The zero-order valence-corrected chi connectivity index (χ0v) is 15.0. The van der Waals surface area contributed by atoms with Gasteiger partial charge in [0.15, 0.2) is 0 Å². The molecule has 0 aliphatic carbocycles. The maximum Gasteiger partial charge on any atom is 0.208 e. The molecule has 1 aromatic carbocycles. The number of pyridine rings is 1. The van der Waals surface area contributed by atoms with Gasteiger partial charge in [0.2, 0.25) is 5.28 Å². The van der Waals surface area contributed by atoms with Crippen LogP contribution in [0.5, 0.6) is 5.75 Å². The highest BCUT2D eigenvalue weighted by Crippen LogP contribution is 2.35. The lowest BCUT2D eigenvalue weighted by molar-refractivity contribution is 0.407. The number of aryl methyl sites for hydroxylation is 1. The minimum atomic E-state index is -0.768. The van der Waals surface area contributed by atoms with Crippen LogP contribution in [-0.2, 0) is 0 Å². The number of rotatable bonds is 3. The Kier molecular flexibility index (Phi) is 4.56. The molecule has 0 aliphatic heterocycles. The van der Waals surface area contributed by atoms with Crippen LogP contribution in [0.3, 0.4) is 0 Å². The Morgan fingerprint density at radius 1 is 1.17 bits per heavy atom. The minimum absolute atomic E-state index is 0.0806. The molecule has 24 heavy (non-hydrogen) atoms. The maximum atomic E-state index is 14.5. The van der Waals surface area contributed by atoms with Gasteiger partial charge in [-0.1, -0.05) is 0 Å². The van der Waals surface area contributed by atoms with Crippen LogP contribution in [0.2, 0.25) is 5.28 Å². The Labute approximate surface area is 150 Å². The number of methoxy groups -OCH3 is 1. The molecule has 3 rings (SSSR count). The lowest BCUT2D eigenvalue weighted by atomic mass is 10.1. The van der Waals surface area contributed by atoms with Gasteiger partial charge in [0.05, 0.1) is 35.9 Å². The van der Waals surface area contributed by atoms with E-state index in [0.717, 1.165) is 12.1 Å². The number of benzene rings is 1. The third kappa shape index (κ3) is 2.89. The Morgan fingerprint density at radius 2 is 1.83 bits per heavy atom. The number of imidazole rings is 1. The van der Waals surface area contributed by atoms with Crippen LogP contribution >= 0.6 is 27.5 Å². The van der Waals surface area contributed by atoms with Gasteiger partial charge in [0, 0.05) is 22.8 Å². The van der Waals surface area contributed by atoms with Crippen LogP contribution in [0.4, 0.5) is 8.78 Å². The Bertz CT molecular complexity index is 907. The van der Waals surface area contributed by atoms with Gasteiger partial charge < -0.3 is 4.74 Å². The third-order valence-electron chi connectivity index (χ3n) is 3.45. The van der Waals surface area contributed by atoms with E-state index >= 15 is 0 Å². The van der Waals surface area contributed by atoms with Gasteiger partial charge >= 0.3 is 0 Å². The normalized spacial score (nSPS) is 10.9. The summed E-state index contributed by atoms with van der Waals surface area (Å²) in [5, 5.41) is 0.0806. The molecule has 0 spiro atoms. The Morgan fingerprint density at radius 3 is 2.42 bits per heavy atom. The molecule has 0 N–H and O–H groups in total. The highest BCUT2D eigenvalue weighted by molar-refractivity contribution is 9.10. The van der Waals surface area contributed by atoms with Crippen molar-refractivity contribution in [3.8, 4) is 22.7 Å². The molecule has 0 unspecified atom stereocenters. The summed E-state index contributed by atoms with van der Waals surface area (Å²) in [7, 11) is 1.34. The first-order chi connectivity index (χ1) is 11.4. The molecular weight excluding hydrogens is 404 g/mol. The molecule has 0 saturated carbocycles. The SMILES string of the molecule is COc1cc(F)c(-c2c(C)nc(Cl)n2-c2cncc(Br)c2)c(F)c1. The standard InChI is InChI=1S/C16H11BrClF2N3O/c1-8-15(14-12(19)4-11(24-2)5-13(14)20)23(16(18)22-8)10-3-9(17)6-21-7-10/h3-7H,1-2H3. The average Bonchev–Trinajstić information content (AvgIpc) is 2.81. The van der Waals surface area contributed by atoms with E-state index in [1.165, 1.54) is 17.9 Å². The second kappa shape index (κ2) is 6.49. The minimum Gasteiger partial charge on any atom is -0.497 e. The molecule has 4 nitrogen and oxygen atoms in total. The summed E-state index contributed by atoms with van der Waals surface area (Å²) < 4.78 is 36.1. The van der Waals surface area contributed by atoms with E-state index in [1.54, 1.807) is 19.2 Å². The highest BCUT2D eigenvalue weighted by atomic mass is 79.9. The lowest BCUT2D eigenvalue weighted by Gasteiger charge is -2.13. The van der Waals surface area contributed by atoms with Crippen LogP contribution in [0.15, 0.2) is 35.1 Å². The average molecular weight is 415 g/mol. The first kappa shape index (κ1) is 16.9. The predicted molar refractivity (Wildman–Crippen MR) is 90.7 cm³/mol. The van der Waals surface area contributed by atoms with E-state index < -0.39 is 11.6 Å². The molecule has 0 radical (unpaired) electrons. The van der Waals surface area contributed by atoms with Crippen molar-refractivity contribution in [3.63, 3.8) is 0 Å². The Balaban J connectivity index is 2.31. The molecular formula is C16H11BrClF2N3O. The topological polar surface area (TPSA) is 39.9 Å². The van der Waals surface area contributed by atoms with Crippen molar-refractivity contribution in [2.45, 2.75) is 6.92 Å². The van der Waals surface area contributed by atoms with Crippen molar-refractivity contribution in [2.24, 2.45) is 0 Å². The molecule has 0 bridgehead atoms. The van der Waals surface area contributed by atoms with Crippen molar-refractivity contribution in [1.29, 1.82) is 0 Å². The van der Waals surface area contributed by atoms with Gasteiger partial charge in [-0.3, -0.25) is 9.55 Å². The van der Waals surface area contributed by atoms with Crippen molar-refractivity contribution in [2.75, 3.05) is 7.11 Å². The van der Waals surface area contributed by atoms with Gasteiger partial charge in [0.25, 0.3) is 0 Å². The smallest absolute Gasteiger partial charge is 0.208 e. The van der Waals surface area contributed by atoms with E-state index in [1.807, 2.05) is 0 Å². The second-order valence-electron chi connectivity index (χ2n) is 4.98. The van der Waals surface area contributed by atoms with Gasteiger partial charge in [-0.05, 0) is 40.5 Å². The summed E-state index contributed by atoms with van der Waals surface area (Å²) in [6.45, 7) is 1.63. The van der Waals surface area contributed by atoms with Crippen LogP contribution in [0.1, 0.15) is 5.69 Å². The summed E-state index contributed by atoms with van der Waals surface area (Å²) in [6.07, 6.45) is 3.12. The molecule has 0 atom stereocenters. The summed E-state index contributed by atoms with van der Waals surface area (Å²) in [5.74, 6) is -1.45. The van der Waals surface area contributed by atoms with Gasteiger partial charge in [-0.15, -0.1) is 0 Å². The van der Waals surface area contributed by atoms with Crippen molar-refractivity contribution in [1.82, 2.24) is 14.5 Å². The zero-order valence-electron chi connectivity index (χ0n) is 12.6. The number of aromatic nitrogens is 3. The van der Waals surface area contributed by atoms with Crippen molar-refractivity contribution < 1.29 is 13.5 Å². The van der Waals surface area contributed by atoms with E-state index in [4.69, 9.17) is 16.3 Å². The van der Waals surface area contributed by atoms with Crippen LogP contribution < -0.4 is 4.74 Å². The second-order valence-corrected chi connectivity index (χ2v) is 6.23. The van der Waals surface area contributed by atoms with E-state index in [-0.39, 0.29) is 22.3 Å². The fraction of sp³-hybridized carbons (Fsp3) is 0.125. The van der Waals surface area contributed by atoms with Gasteiger partial charge in [0.1, 0.15) is 17.4 Å². The quantitative estimate of drug-likeness (QED) is 0.609. The molecule has 124 valence electrons. The number of hydrogen-bond acceptors (Lipinski definition) is 3.